The molecule has 0 radical (unpaired) electrons. The lowest BCUT2D eigenvalue weighted by molar-refractivity contribution is 0.649. The summed E-state index contributed by atoms with van der Waals surface area (Å²) in [6.45, 7) is 3.05. The fourth-order valence-corrected chi connectivity index (χ4v) is 3.36. The van der Waals surface area contributed by atoms with Crippen LogP contribution in [0.4, 0.5) is 5.69 Å². The molecule has 0 aliphatic rings. The van der Waals surface area contributed by atoms with E-state index in [1.54, 1.807) is 0 Å². The molecule has 146 valence electrons. The predicted molar refractivity (Wildman–Crippen MR) is 121 cm³/mol. The van der Waals surface area contributed by atoms with Crippen LogP contribution in [0.15, 0.2) is 84.9 Å². The largest absolute Gasteiger partial charge is 0.385 e. The van der Waals surface area contributed by atoms with E-state index in [0.29, 0.717) is 0 Å². The minimum atomic E-state index is 0.954. The fourth-order valence-electron chi connectivity index (χ4n) is 3.36. The normalized spacial score (nSPS) is 10.7. The van der Waals surface area contributed by atoms with Gasteiger partial charge in [-0.1, -0.05) is 72.8 Å². The highest BCUT2D eigenvalue weighted by atomic mass is 14.9. The number of unbranched alkanes of at least 4 members (excludes halogenated alkanes) is 1. The first-order valence-corrected chi connectivity index (χ1v) is 10.5. The molecule has 0 heterocycles. The molecule has 0 unspecified atom stereocenters. The van der Waals surface area contributed by atoms with Crippen molar-refractivity contribution in [3.05, 3.63) is 102 Å². The molecule has 3 rings (SSSR count). The standard InChI is InChI=1S/C26H32N2/c1-3-10-23(11-4-1)13-9-20-27-22-25-18-16-24(17-19-25)12-7-8-21-28-26-14-5-2-6-15-26/h1-6,10-11,14-19,27-28H,7-9,12-13,20-22H2. The van der Waals surface area contributed by atoms with Gasteiger partial charge in [0.05, 0.1) is 0 Å². The predicted octanol–water partition coefficient (Wildman–Crippen LogP) is 5.84. The van der Waals surface area contributed by atoms with Crippen molar-refractivity contribution in [1.82, 2.24) is 5.32 Å². The van der Waals surface area contributed by atoms with Crippen molar-refractivity contribution in [1.29, 1.82) is 0 Å². The SMILES string of the molecule is c1ccc(CCCNCc2ccc(CCCCNc3ccccc3)cc2)cc1. The number of hydrogen-bond donors (Lipinski definition) is 2. The second-order valence-corrected chi connectivity index (χ2v) is 7.33. The molecule has 28 heavy (non-hydrogen) atoms. The second kappa shape index (κ2) is 12.0. The lowest BCUT2D eigenvalue weighted by Gasteiger charge is -2.08. The summed E-state index contributed by atoms with van der Waals surface area (Å²) >= 11 is 0. The Morgan fingerprint density at radius 3 is 1.86 bits per heavy atom. The minimum Gasteiger partial charge on any atom is -0.385 e. The van der Waals surface area contributed by atoms with Gasteiger partial charge in [0, 0.05) is 18.8 Å². The summed E-state index contributed by atoms with van der Waals surface area (Å²) in [6, 6.07) is 30.2. The van der Waals surface area contributed by atoms with Crippen molar-refractivity contribution in [2.45, 2.75) is 38.6 Å². The Labute approximate surface area is 170 Å². The lowest BCUT2D eigenvalue weighted by Crippen LogP contribution is -2.15. The van der Waals surface area contributed by atoms with Gasteiger partial charge in [0.2, 0.25) is 0 Å². The molecule has 0 bridgehead atoms. The summed E-state index contributed by atoms with van der Waals surface area (Å²) < 4.78 is 0. The molecule has 3 aromatic carbocycles. The summed E-state index contributed by atoms with van der Waals surface area (Å²) in [5.41, 5.74) is 5.44. The molecule has 0 fully saturated rings. The topological polar surface area (TPSA) is 24.1 Å². The molecule has 2 nitrogen and oxygen atoms in total. The van der Waals surface area contributed by atoms with Gasteiger partial charge in [-0.3, -0.25) is 0 Å². The van der Waals surface area contributed by atoms with Gasteiger partial charge in [0.25, 0.3) is 0 Å². The van der Waals surface area contributed by atoms with Crippen LogP contribution < -0.4 is 10.6 Å². The van der Waals surface area contributed by atoms with Gasteiger partial charge in [-0.2, -0.15) is 0 Å². The molecule has 2 N–H and O–H groups in total. The van der Waals surface area contributed by atoms with Crippen molar-refractivity contribution in [3.63, 3.8) is 0 Å². The monoisotopic (exact) mass is 372 g/mol. The molecular formula is C26H32N2. The quantitative estimate of drug-likeness (QED) is 0.390. The minimum absolute atomic E-state index is 0.954. The van der Waals surface area contributed by atoms with Crippen molar-refractivity contribution in [2.75, 3.05) is 18.4 Å². The van der Waals surface area contributed by atoms with E-state index in [1.165, 1.54) is 41.6 Å². The number of anilines is 1. The molecule has 0 saturated heterocycles. The third-order valence-electron chi connectivity index (χ3n) is 5.01. The zero-order valence-corrected chi connectivity index (χ0v) is 16.7. The first-order valence-electron chi connectivity index (χ1n) is 10.5. The fraction of sp³-hybridized carbons (Fsp3) is 0.308. The second-order valence-electron chi connectivity index (χ2n) is 7.33. The smallest absolute Gasteiger partial charge is 0.0340 e. The van der Waals surface area contributed by atoms with E-state index < -0.39 is 0 Å². The summed E-state index contributed by atoms with van der Waals surface area (Å²) in [6.07, 6.45) is 5.89. The number of nitrogens with one attached hydrogen (secondary N) is 2. The first-order chi connectivity index (χ1) is 13.9. The maximum atomic E-state index is 3.56. The average molecular weight is 373 g/mol. The van der Waals surface area contributed by atoms with Crippen molar-refractivity contribution >= 4 is 5.69 Å². The molecule has 0 spiro atoms. The summed E-state index contributed by atoms with van der Waals surface area (Å²) in [7, 11) is 0. The highest BCUT2D eigenvalue weighted by Gasteiger charge is 1.97. The Hall–Kier alpha value is -2.58. The number of aryl methyl sites for hydroxylation is 2. The zero-order valence-electron chi connectivity index (χ0n) is 16.7. The van der Waals surface area contributed by atoms with E-state index in [2.05, 4.69) is 95.6 Å². The van der Waals surface area contributed by atoms with Gasteiger partial charge < -0.3 is 10.6 Å². The highest BCUT2D eigenvalue weighted by molar-refractivity contribution is 5.42. The van der Waals surface area contributed by atoms with Gasteiger partial charge in [-0.25, -0.2) is 0 Å². The lowest BCUT2D eigenvalue weighted by atomic mass is 10.1. The number of para-hydroxylation sites is 1. The first kappa shape index (κ1) is 20.2. The Bertz CT molecular complexity index is 698. The van der Waals surface area contributed by atoms with Crippen LogP contribution in [0.25, 0.3) is 0 Å². The number of hydrogen-bond acceptors (Lipinski definition) is 2. The van der Waals surface area contributed by atoms with Crippen molar-refractivity contribution in [2.24, 2.45) is 0 Å². The van der Waals surface area contributed by atoms with Gasteiger partial charge in [-0.15, -0.1) is 0 Å². The molecular weight excluding hydrogens is 340 g/mol. The van der Waals surface area contributed by atoms with Crippen LogP contribution in [-0.2, 0) is 19.4 Å². The summed E-state index contributed by atoms with van der Waals surface area (Å²) in [5, 5.41) is 7.03. The van der Waals surface area contributed by atoms with Gasteiger partial charge in [0.1, 0.15) is 0 Å². The van der Waals surface area contributed by atoms with Crippen LogP contribution in [0.3, 0.4) is 0 Å². The Kier molecular flexibility index (Phi) is 8.64. The van der Waals surface area contributed by atoms with E-state index in [0.717, 1.165) is 32.5 Å². The van der Waals surface area contributed by atoms with Crippen LogP contribution in [0.1, 0.15) is 36.0 Å². The van der Waals surface area contributed by atoms with E-state index >= 15 is 0 Å². The summed E-state index contributed by atoms with van der Waals surface area (Å²) in [5.74, 6) is 0. The van der Waals surface area contributed by atoms with Crippen LogP contribution >= 0.6 is 0 Å². The third-order valence-corrected chi connectivity index (χ3v) is 5.01. The van der Waals surface area contributed by atoms with E-state index in [1.807, 2.05) is 0 Å². The molecule has 0 atom stereocenters. The third kappa shape index (κ3) is 7.58. The molecule has 3 aromatic rings. The maximum Gasteiger partial charge on any atom is 0.0340 e. The molecule has 2 heteroatoms. The molecule has 0 aromatic heterocycles. The Balaban J connectivity index is 1.25. The average Bonchev–Trinajstić information content (AvgIpc) is 2.76. The molecule has 0 amide bonds. The van der Waals surface area contributed by atoms with Crippen LogP contribution in [0, 0.1) is 0 Å². The van der Waals surface area contributed by atoms with Gasteiger partial charge >= 0.3 is 0 Å². The highest BCUT2D eigenvalue weighted by Crippen LogP contribution is 2.10. The summed E-state index contributed by atoms with van der Waals surface area (Å²) in [4.78, 5) is 0. The molecule has 0 aliphatic heterocycles. The van der Waals surface area contributed by atoms with E-state index in [4.69, 9.17) is 0 Å². The molecule has 0 aliphatic carbocycles. The Morgan fingerprint density at radius 1 is 0.500 bits per heavy atom. The zero-order chi connectivity index (χ0) is 19.3. The van der Waals surface area contributed by atoms with Crippen molar-refractivity contribution < 1.29 is 0 Å². The van der Waals surface area contributed by atoms with Gasteiger partial charge in [0.15, 0.2) is 0 Å². The number of rotatable bonds is 12. The van der Waals surface area contributed by atoms with E-state index in [9.17, 15) is 0 Å². The van der Waals surface area contributed by atoms with Gasteiger partial charge in [-0.05, 0) is 67.5 Å². The van der Waals surface area contributed by atoms with Crippen LogP contribution in [0.2, 0.25) is 0 Å². The van der Waals surface area contributed by atoms with Crippen molar-refractivity contribution in [3.8, 4) is 0 Å². The number of benzene rings is 3. The van der Waals surface area contributed by atoms with Crippen LogP contribution in [0.5, 0.6) is 0 Å². The van der Waals surface area contributed by atoms with Crippen LogP contribution in [-0.4, -0.2) is 13.1 Å². The van der Waals surface area contributed by atoms with E-state index in [-0.39, 0.29) is 0 Å². The Morgan fingerprint density at radius 2 is 1.11 bits per heavy atom. The molecule has 0 saturated carbocycles. The maximum absolute atomic E-state index is 3.56.